The molecule has 0 unspecified atom stereocenters. The molecule has 124 valence electrons. The van der Waals surface area contributed by atoms with Gasteiger partial charge in [0.2, 0.25) is 0 Å². The summed E-state index contributed by atoms with van der Waals surface area (Å²) in [5, 5.41) is 0. The quantitative estimate of drug-likeness (QED) is 0.836. The minimum atomic E-state index is -3.38. The summed E-state index contributed by atoms with van der Waals surface area (Å²) in [5.74, 6) is 2.96. The number of rotatable bonds is 5. The molecule has 2 heterocycles. The van der Waals surface area contributed by atoms with Crippen LogP contribution in [0.25, 0.3) is 0 Å². The Labute approximate surface area is 133 Å². The Kier molecular flexibility index (Phi) is 4.61. The first kappa shape index (κ1) is 16.0. The van der Waals surface area contributed by atoms with Crippen molar-refractivity contribution in [2.45, 2.75) is 51.5 Å². The van der Waals surface area contributed by atoms with Gasteiger partial charge in [0.25, 0.3) is 10.2 Å². The molecule has 2 atom stereocenters. The van der Waals surface area contributed by atoms with Crippen molar-refractivity contribution in [3.8, 4) is 0 Å². The fourth-order valence-corrected chi connectivity index (χ4v) is 4.57. The monoisotopic (exact) mass is 326 g/mol. The summed E-state index contributed by atoms with van der Waals surface area (Å²) in [6.07, 6.45) is 5.33. The first-order valence-electron chi connectivity index (χ1n) is 8.28. The second kappa shape index (κ2) is 6.34. The second-order valence-electron chi connectivity index (χ2n) is 6.70. The molecule has 5 nitrogen and oxygen atoms in total. The molecular formula is C16H26N2O3S. The molecule has 1 saturated carbocycles. The normalized spacial score (nSPS) is 27.0. The van der Waals surface area contributed by atoms with Crippen LogP contribution < -0.4 is 0 Å². The predicted octanol–water partition coefficient (Wildman–Crippen LogP) is 2.96. The van der Waals surface area contributed by atoms with Crippen molar-refractivity contribution in [3.63, 3.8) is 0 Å². The summed E-state index contributed by atoms with van der Waals surface area (Å²) in [6, 6.07) is 3.91. The van der Waals surface area contributed by atoms with Gasteiger partial charge in [-0.2, -0.15) is 17.0 Å². The predicted molar refractivity (Wildman–Crippen MR) is 85.7 cm³/mol. The smallest absolute Gasteiger partial charge is 0.282 e. The van der Waals surface area contributed by atoms with E-state index in [9.17, 15) is 8.42 Å². The third-order valence-electron chi connectivity index (χ3n) is 4.82. The molecule has 2 aliphatic rings. The number of hydrogen-bond donors (Lipinski definition) is 0. The van der Waals surface area contributed by atoms with Crippen LogP contribution in [0.5, 0.6) is 0 Å². The largest absolute Gasteiger partial charge is 0.464 e. The van der Waals surface area contributed by atoms with Crippen LogP contribution >= 0.6 is 0 Å². The van der Waals surface area contributed by atoms with Gasteiger partial charge in [0, 0.05) is 26.1 Å². The van der Waals surface area contributed by atoms with E-state index in [1.165, 1.54) is 10.7 Å². The zero-order valence-corrected chi connectivity index (χ0v) is 14.3. The van der Waals surface area contributed by atoms with E-state index in [1.54, 1.807) is 11.4 Å². The first-order valence-corrected chi connectivity index (χ1v) is 9.68. The molecule has 1 aromatic rings. The molecule has 0 aromatic carbocycles. The van der Waals surface area contributed by atoms with Crippen LogP contribution in [0.2, 0.25) is 0 Å². The molecule has 0 N–H and O–H groups in total. The Balaban J connectivity index is 1.64. The molecule has 0 radical (unpaired) electrons. The van der Waals surface area contributed by atoms with Gasteiger partial charge in [-0.15, -0.1) is 0 Å². The van der Waals surface area contributed by atoms with Crippen LogP contribution in [0.4, 0.5) is 0 Å². The van der Waals surface area contributed by atoms with Gasteiger partial charge in [0.1, 0.15) is 11.5 Å². The number of nitrogens with zero attached hydrogens (tertiary/aromatic N) is 2. The zero-order valence-electron chi connectivity index (χ0n) is 13.5. The summed E-state index contributed by atoms with van der Waals surface area (Å²) in [6.45, 7) is 3.79. The lowest BCUT2D eigenvalue weighted by molar-refractivity contribution is 0.341. The van der Waals surface area contributed by atoms with Gasteiger partial charge < -0.3 is 4.42 Å². The van der Waals surface area contributed by atoms with Gasteiger partial charge in [0.05, 0.1) is 6.54 Å². The minimum Gasteiger partial charge on any atom is -0.464 e. The highest BCUT2D eigenvalue weighted by molar-refractivity contribution is 7.86. The van der Waals surface area contributed by atoms with Gasteiger partial charge in [-0.25, -0.2) is 0 Å². The van der Waals surface area contributed by atoms with Crippen LogP contribution in [0.1, 0.15) is 56.5 Å². The molecule has 0 bridgehead atoms. The second-order valence-corrected chi connectivity index (χ2v) is 8.74. The first-order chi connectivity index (χ1) is 10.5. The Morgan fingerprint density at radius 1 is 1.23 bits per heavy atom. The minimum absolute atomic E-state index is 0.305. The highest BCUT2D eigenvalue weighted by Crippen LogP contribution is 2.47. The molecule has 1 aliphatic carbocycles. The summed E-state index contributed by atoms with van der Waals surface area (Å²) in [7, 11) is -1.74. The van der Waals surface area contributed by atoms with Crippen LogP contribution in [-0.2, 0) is 16.8 Å². The van der Waals surface area contributed by atoms with Crippen LogP contribution in [0.3, 0.4) is 0 Å². The van der Waals surface area contributed by atoms with Gasteiger partial charge in [-0.3, -0.25) is 0 Å². The summed E-state index contributed by atoms with van der Waals surface area (Å²) < 4.78 is 34.2. The molecule has 1 saturated heterocycles. The molecule has 22 heavy (non-hydrogen) atoms. The van der Waals surface area contributed by atoms with E-state index < -0.39 is 10.2 Å². The Morgan fingerprint density at radius 3 is 2.45 bits per heavy atom. The average molecular weight is 326 g/mol. The molecule has 0 spiro atoms. The SMILES string of the molecule is C[C@H]1C[C@H]1c1ccc(CN(C)S(=O)(=O)N2CCCCCC2)o1. The molecule has 2 fully saturated rings. The van der Waals surface area contributed by atoms with E-state index in [-0.39, 0.29) is 0 Å². The maximum absolute atomic E-state index is 12.7. The zero-order chi connectivity index (χ0) is 15.7. The van der Waals surface area contributed by atoms with Crippen molar-refractivity contribution in [1.82, 2.24) is 8.61 Å². The van der Waals surface area contributed by atoms with Crippen molar-refractivity contribution in [2.75, 3.05) is 20.1 Å². The molecule has 6 heteroatoms. The van der Waals surface area contributed by atoms with E-state index in [0.29, 0.717) is 31.5 Å². The summed E-state index contributed by atoms with van der Waals surface area (Å²) in [5.41, 5.74) is 0. The lowest BCUT2D eigenvalue weighted by Gasteiger charge is -2.25. The number of furan rings is 1. The third-order valence-corrected chi connectivity index (χ3v) is 6.76. The van der Waals surface area contributed by atoms with Gasteiger partial charge in [-0.05, 0) is 37.3 Å². The Hall–Kier alpha value is -0.850. The van der Waals surface area contributed by atoms with Gasteiger partial charge in [-0.1, -0.05) is 19.8 Å². The molecular weight excluding hydrogens is 300 g/mol. The number of hydrogen-bond acceptors (Lipinski definition) is 3. The van der Waals surface area contributed by atoms with Crippen molar-refractivity contribution in [2.24, 2.45) is 5.92 Å². The topological polar surface area (TPSA) is 53.8 Å². The van der Waals surface area contributed by atoms with E-state index >= 15 is 0 Å². The van der Waals surface area contributed by atoms with Crippen molar-refractivity contribution in [3.05, 3.63) is 23.7 Å². The van der Waals surface area contributed by atoms with Crippen molar-refractivity contribution in [1.29, 1.82) is 0 Å². The highest BCUT2D eigenvalue weighted by atomic mass is 32.2. The van der Waals surface area contributed by atoms with E-state index in [1.807, 2.05) is 12.1 Å². The standard InChI is InChI=1S/C16H26N2O3S/c1-13-11-15(13)16-8-7-14(21-16)12-17(2)22(19,20)18-9-5-3-4-6-10-18/h7-8,13,15H,3-6,9-12H2,1-2H3/t13-,15+/m0/s1. The molecule has 0 amide bonds. The lowest BCUT2D eigenvalue weighted by atomic mass is 10.2. The fourth-order valence-electron chi connectivity index (χ4n) is 3.17. The van der Waals surface area contributed by atoms with Crippen molar-refractivity contribution < 1.29 is 12.8 Å². The van der Waals surface area contributed by atoms with Gasteiger partial charge >= 0.3 is 0 Å². The third kappa shape index (κ3) is 3.39. The van der Waals surface area contributed by atoms with Gasteiger partial charge in [0.15, 0.2) is 0 Å². The fraction of sp³-hybridized carbons (Fsp3) is 0.750. The van der Waals surface area contributed by atoms with Crippen LogP contribution in [0, 0.1) is 5.92 Å². The molecule has 3 rings (SSSR count). The van der Waals surface area contributed by atoms with E-state index in [2.05, 4.69) is 6.92 Å². The summed E-state index contributed by atoms with van der Waals surface area (Å²) >= 11 is 0. The van der Waals surface area contributed by atoms with E-state index in [0.717, 1.165) is 37.2 Å². The maximum atomic E-state index is 12.7. The Morgan fingerprint density at radius 2 is 1.86 bits per heavy atom. The Bertz CT molecular complexity index is 603. The van der Waals surface area contributed by atoms with Crippen LogP contribution in [-0.4, -0.2) is 37.2 Å². The van der Waals surface area contributed by atoms with Crippen molar-refractivity contribution >= 4 is 10.2 Å². The van der Waals surface area contributed by atoms with Crippen LogP contribution in [0.15, 0.2) is 16.5 Å². The lowest BCUT2D eigenvalue weighted by Crippen LogP contribution is -2.41. The average Bonchev–Trinajstić information content (AvgIpc) is 3.14. The maximum Gasteiger partial charge on any atom is 0.282 e. The highest BCUT2D eigenvalue weighted by Gasteiger charge is 2.37. The van der Waals surface area contributed by atoms with E-state index in [4.69, 9.17) is 4.42 Å². The molecule has 1 aliphatic heterocycles. The summed E-state index contributed by atoms with van der Waals surface area (Å²) in [4.78, 5) is 0. The molecule has 1 aromatic heterocycles.